The van der Waals surface area contributed by atoms with Crippen LogP contribution in [-0.2, 0) is 32.8 Å². The number of nitrogens with two attached hydrogens (primary N) is 1. The molecule has 2 aromatic heterocycles. The summed E-state index contributed by atoms with van der Waals surface area (Å²) >= 11 is 0. The van der Waals surface area contributed by atoms with E-state index in [0.29, 0.717) is 18.4 Å². The third kappa shape index (κ3) is 8.88. The number of para-hydroxylation sites is 1. The van der Waals surface area contributed by atoms with Crippen molar-refractivity contribution in [1.29, 1.82) is 5.26 Å². The van der Waals surface area contributed by atoms with E-state index in [2.05, 4.69) is 21.2 Å². The number of hydrogen-bond acceptors (Lipinski definition) is 14. The largest absolute Gasteiger partial charge is 0.461 e. The number of esters is 3. The number of carbonyl (C=O) groups excluding carboxylic acids is 3. The zero-order chi connectivity index (χ0) is 40.7. The van der Waals surface area contributed by atoms with Gasteiger partial charge in [-0.2, -0.15) is 15.4 Å². The Kier molecular flexibility index (Phi) is 12.2. The first kappa shape index (κ1) is 40.1. The second-order valence-electron chi connectivity index (χ2n) is 13.9. The molecule has 1 aliphatic carbocycles. The van der Waals surface area contributed by atoms with Gasteiger partial charge < -0.3 is 29.2 Å². The first-order valence-corrected chi connectivity index (χ1v) is 20.3. The summed E-state index contributed by atoms with van der Waals surface area (Å²) in [6.07, 6.45) is 0.616. The molecular formula is C41H41N6O10P. The van der Waals surface area contributed by atoms with Crippen molar-refractivity contribution >= 4 is 37.0 Å². The van der Waals surface area contributed by atoms with Crippen molar-refractivity contribution in [1.82, 2.24) is 19.7 Å². The van der Waals surface area contributed by atoms with E-state index in [1.165, 1.54) is 54.2 Å². The smallest absolute Gasteiger partial charge is 0.459 e. The van der Waals surface area contributed by atoms with Gasteiger partial charge in [0.1, 0.15) is 48.5 Å². The van der Waals surface area contributed by atoms with Crippen molar-refractivity contribution in [3.05, 3.63) is 126 Å². The van der Waals surface area contributed by atoms with Crippen LogP contribution in [0.5, 0.6) is 5.75 Å². The molecule has 7 rings (SSSR count). The molecule has 3 heterocycles. The van der Waals surface area contributed by atoms with Crippen LogP contribution in [0.15, 0.2) is 109 Å². The third-order valence-corrected chi connectivity index (χ3v) is 11.5. The van der Waals surface area contributed by atoms with Gasteiger partial charge in [0.05, 0.1) is 16.8 Å². The minimum atomic E-state index is -4.62. The van der Waals surface area contributed by atoms with Gasteiger partial charge in [-0.05, 0) is 81.1 Å². The van der Waals surface area contributed by atoms with Gasteiger partial charge in [0.15, 0.2) is 18.0 Å². The van der Waals surface area contributed by atoms with Crippen LogP contribution in [0.2, 0.25) is 0 Å². The molecule has 300 valence electrons. The molecule has 17 heteroatoms. The molecule has 1 saturated carbocycles. The summed E-state index contributed by atoms with van der Waals surface area (Å²) in [5.41, 5.74) is 4.69. The molecule has 6 atom stereocenters. The van der Waals surface area contributed by atoms with Crippen LogP contribution >= 0.6 is 7.75 Å². The second-order valence-corrected chi connectivity index (χ2v) is 15.6. The van der Waals surface area contributed by atoms with Gasteiger partial charge in [-0.1, -0.05) is 61.0 Å². The van der Waals surface area contributed by atoms with Crippen molar-refractivity contribution in [2.24, 2.45) is 0 Å². The first-order chi connectivity index (χ1) is 28.1. The molecule has 16 nitrogen and oxygen atoms in total. The van der Waals surface area contributed by atoms with Crippen LogP contribution in [0.25, 0.3) is 5.52 Å². The Morgan fingerprint density at radius 2 is 1.53 bits per heavy atom. The van der Waals surface area contributed by atoms with Crippen molar-refractivity contribution in [3.8, 4) is 11.8 Å². The number of nitriles is 1. The van der Waals surface area contributed by atoms with Gasteiger partial charge in [0.25, 0.3) is 0 Å². The Hall–Kier alpha value is -6.11. The summed E-state index contributed by atoms with van der Waals surface area (Å²) in [5, 5.41) is 18.1. The van der Waals surface area contributed by atoms with Crippen molar-refractivity contribution in [3.63, 3.8) is 0 Å². The van der Waals surface area contributed by atoms with E-state index in [9.17, 15) is 24.2 Å². The highest BCUT2D eigenvalue weighted by molar-refractivity contribution is 7.52. The number of nitrogen functional groups attached to an aromatic ring is 1. The zero-order valence-electron chi connectivity index (χ0n) is 31.4. The van der Waals surface area contributed by atoms with E-state index >= 15 is 0 Å². The molecule has 0 bridgehead atoms. The van der Waals surface area contributed by atoms with E-state index in [1.807, 2.05) is 0 Å². The number of aromatic nitrogens is 3. The lowest BCUT2D eigenvalue weighted by Crippen LogP contribution is -2.50. The normalized spacial score (nSPS) is 22.2. The maximum absolute atomic E-state index is 14.8. The lowest BCUT2D eigenvalue weighted by Gasteiger charge is -2.31. The molecule has 58 heavy (non-hydrogen) atoms. The Morgan fingerprint density at radius 1 is 0.914 bits per heavy atom. The number of ether oxygens (including phenoxy) is 4. The Bertz CT molecular complexity index is 2320. The van der Waals surface area contributed by atoms with Gasteiger partial charge in [-0.3, -0.25) is 9.32 Å². The molecule has 0 amide bonds. The van der Waals surface area contributed by atoms with E-state index in [0.717, 1.165) is 19.3 Å². The average Bonchev–Trinajstić information content (AvgIpc) is 3.81. The first-order valence-electron chi connectivity index (χ1n) is 18.7. The van der Waals surface area contributed by atoms with Crippen LogP contribution in [-0.4, -0.2) is 69.1 Å². The Morgan fingerprint density at radius 3 is 2.17 bits per heavy atom. The van der Waals surface area contributed by atoms with Crippen LogP contribution in [0, 0.1) is 11.3 Å². The second kappa shape index (κ2) is 17.6. The highest BCUT2D eigenvalue weighted by atomic mass is 31.2. The molecule has 1 saturated heterocycles. The van der Waals surface area contributed by atoms with E-state index < -0.39 is 62.2 Å². The SMILES string of the molecule is C[C@H](NP(=O)(OC[C@@]1(C#N)O[C@@H](c2ccc3c(N)ncnn23)[C@H](OC(=O)c2ccccc2)[C@@H]1OC(=O)c1ccccc1)Oc1ccccc1)C(=O)OC1CCCCC1. The quantitative estimate of drug-likeness (QED) is 0.0730. The Labute approximate surface area is 333 Å². The highest BCUT2D eigenvalue weighted by Gasteiger charge is 2.62. The summed E-state index contributed by atoms with van der Waals surface area (Å²) in [6, 6.07) is 28.2. The standard InChI is InChI=1S/C41H41N6O10P/c1-27(38(48)53-30-18-10-4-11-19-30)46-58(51,57-31-20-12-5-13-21-31)52-25-41(24-42)36(55-40(50)29-16-8-3-9-17-29)35(54-39(49)28-14-6-2-7-15-28)34(56-41)32-22-23-33-37(43)44-26-45-47(32)33/h2-3,5-9,12-17,20-23,26-27,30,34-36H,4,10-11,18-19,25H2,1H3,(H,46,51)(H2,43,44,45)/t27-,34-,35-,36-,41+,58?/m0/s1. The molecule has 2 aliphatic rings. The van der Waals surface area contributed by atoms with Crippen LogP contribution in [0.1, 0.15) is 71.5 Å². The summed E-state index contributed by atoms with van der Waals surface area (Å²) < 4.78 is 52.5. The summed E-state index contributed by atoms with van der Waals surface area (Å²) in [6.45, 7) is 0.556. The summed E-state index contributed by atoms with van der Waals surface area (Å²) in [7, 11) is -4.62. The van der Waals surface area contributed by atoms with Crippen LogP contribution < -0.4 is 15.3 Å². The minimum Gasteiger partial charge on any atom is -0.461 e. The number of carbonyl (C=O) groups is 3. The highest BCUT2D eigenvalue weighted by Crippen LogP contribution is 2.50. The molecular weight excluding hydrogens is 767 g/mol. The van der Waals surface area contributed by atoms with Crippen molar-refractivity contribution in [2.75, 3.05) is 12.3 Å². The third-order valence-electron chi connectivity index (χ3n) is 9.84. The topological polar surface area (TPSA) is 216 Å². The molecule has 2 fully saturated rings. The van der Waals surface area contributed by atoms with E-state index in [-0.39, 0.29) is 34.5 Å². The number of rotatable bonds is 14. The minimum absolute atomic E-state index is 0.112. The van der Waals surface area contributed by atoms with Gasteiger partial charge >= 0.3 is 25.7 Å². The Balaban J connectivity index is 1.27. The number of benzene rings is 3. The molecule has 3 N–H and O–H groups in total. The number of nitrogens with zero attached hydrogens (tertiary/aromatic N) is 4. The van der Waals surface area contributed by atoms with Gasteiger partial charge in [-0.15, -0.1) is 0 Å². The molecule has 5 aromatic rings. The fourth-order valence-corrected chi connectivity index (χ4v) is 8.40. The average molecular weight is 809 g/mol. The number of fused-ring (bicyclic) bond motifs is 1. The van der Waals surface area contributed by atoms with E-state index in [4.69, 9.17) is 33.7 Å². The van der Waals surface area contributed by atoms with Crippen LogP contribution in [0.4, 0.5) is 5.82 Å². The summed E-state index contributed by atoms with van der Waals surface area (Å²) in [4.78, 5) is 44.9. The van der Waals surface area contributed by atoms with E-state index in [1.54, 1.807) is 66.7 Å². The fourth-order valence-electron chi connectivity index (χ4n) is 6.88. The maximum atomic E-state index is 14.8. The zero-order valence-corrected chi connectivity index (χ0v) is 32.3. The summed E-state index contributed by atoms with van der Waals surface area (Å²) in [5.74, 6) is -2.15. The maximum Gasteiger partial charge on any atom is 0.459 e. The van der Waals surface area contributed by atoms with Crippen LogP contribution in [0.3, 0.4) is 0 Å². The number of anilines is 1. The molecule has 0 radical (unpaired) electrons. The van der Waals surface area contributed by atoms with Crippen molar-refractivity contribution < 1.29 is 46.9 Å². The number of hydrogen-bond donors (Lipinski definition) is 2. The molecule has 3 aromatic carbocycles. The molecule has 1 aliphatic heterocycles. The van der Waals surface area contributed by atoms with Gasteiger partial charge in [0.2, 0.25) is 5.60 Å². The van der Waals surface area contributed by atoms with Crippen molar-refractivity contribution in [2.45, 2.75) is 75.1 Å². The lowest BCUT2D eigenvalue weighted by molar-refractivity contribution is -0.152. The monoisotopic (exact) mass is 808 g/mol. The number of nitrogens with one attached hydrogen (secondary N) is 1. The fraction of sp³-hybridized carbons (Fsp3) is 0.317. The van der Waals surface area contributed by atoms with Gasteiger partial charge in [0, 0.05) is 0 Å². The molecule has 1 unspecified atom stereocenters. The lowest BCUT2D eigenvalue weighted by atomic mass is 9.95. The molecule has 0 spiro atoms. The predicted molar refractivity (Wildman–Crippen MR) is 207 cm³/mol. The predicted octanol–water partition coefficient (Wildman–Crippen LogP) is 6.15. The van der Waals surface area contributed by atoms with Gasteiger partial charge in [-0.25, -0.2) is 23.7 Å².